The Labute approximate surface area is 89.5 Å². The zero-order valence-corrected chi connectivity index (χ0v) is 8.65. The average Bonchev–Trinajstić information content (AvgIpc) is 2.30. The molecule has 3 heteroatoms. The molecule has 0 spiro atoms. The largest absolute Gasteiger partial charge is 0.321 e. The van der Waals surface area contributed by atoms with Gasteiger partial charge in [-0.2, -0.15) is 0 Å². The van der Waals surface area contributed by atoms with E-state index in [1.165, 1.54) is 0 Å². The molecule has 0 unspecified atom stereocenters. The molecule has 2 heterocycles. The van der Waals surface area contributed by atoms with Crippen LogP contribution >= 0.6 is 12.2 Å². The molecule has 2 aliphatic heterocycles. The van der Waals surface area contributed by atoms with E-state index in [1.54, 1.807) is 0 Å². The normalized spacial score (nSPS) is 19.1. The van der Waals surface area contributed by atoms with Crippen molar-refractivity contribution in [1.29, 1.82) is 0 Å². The van der Waals surface area contributed by atoms with Crippen LogP contribution in [0.15, 0.2) is 48.9 Å². The minimum absolute atomic E-state index is 0.853. The second kappa shape index (κ2) is 4.24. The summed E-state index contributed by atoms with van der Waals surface area (Å²) in [5.74, 6) is 0. The van der Waals surface area contributed by atoms with Gasteiger partial charge in [0.25, 0.3) is 0 Å². The van der Waals surface area contributed by atoms with E-state index < -0.39 is 0 Å². The van der Waals surface area contributed by atoms with Crippen LogP contribution in [0.25, 0.3) is 0 Å². The van der Waals surface area contributed by atoms with Gasteiger partial charge in [0.05, 0.1) is 0 Å². The van der Waals surface area contributed by atoms with E-state index in [4.69, 9.17) is 12.2 Å². The summed E-state index contributed by atoms with van der Waals surface area (Å²) in [6.45, 7) is 1.73. The molecule has 0 amide bonds. The highest BCUT2D eigenvalue weighted by Crippen LogP contribution is 2.07. The van der Waals surface area contributed by atoms with Crippen LogP contribution in [-0.2, 0) is 0 Å². The Hall–Kier alpha value is -1.35. The molecule has 2 aliphatic rings. The first-order valence-corrected chi connectivity index (χ1v) is 5.02. The third-order valence-corrected chi connectivity index (χ3v) is 2.59. The maximum absolute atomic E-state index is 5.38. The Morgan fingerprint density at radius 2 is 1.36 bits per heavy atom. The molecule has 2 nitrogen and oxygen atoms in total. The van der Waals surface area contributed by atoms with Gasteiger partial charge in [0.1, 0.15) is 0 Å². The summed E-state index contributed by atoms with van der Waals surface area (Å²) in [6, 6.07) is 0. The van der Waals surface area contributed by atoms with Crippen LogP contribution in [0.4, 0.5) is 0 Å². The van der Waals surface area contributed by atoms with Crippen LogP contribution in [0.1, 0.15) is 0 Å². The fourth-order valence-corrected chi connectivity index (χ4v) is 1.65. The molecule has 72 valence electrons. The first-order valence-electron chi connectivity index (χ1n) is 4.62. The van der Waals surface area contributed by atoms with E-state index in [-0.39, 0.29) is 0 Å². The van der Waals surface area contributed by atoms with E-state index in [9.17, 15) is 0 Å². The topological polar surface area (TPSA) is 6.48 Å². The minimum atomic E-state index is 0.853. The molecule has 0 aromatic heterocycles. The quantitative estimate of drug-likeness (QED) is 0.558. The summed E-state index contributed by atoms with van der Waals surface area (Å²) in [6.07, 6.45) is 16.3. The van der Waals surface area contributed by atoms with Crippen LogP contribution in [0.3, 0.4) is 0 Å². The van der Waals surface area contributed by atoms with Gasteiger partial charge in [-0.05, 0) is 24.4 Å². The molecule has 0 saturated heterocycles. The molecule has 0 aliphatic carbocycles. The van der Waals surface area contributed by atoms with Crippen LogP contribution in [0, 0.1) is 0 Å². The monoisotopic (exact) mass is 204 g/mol. The van der Waals surface area contributed by atoms with Gasteiger partial charge in [-0.15, -0.1) is 0 Å². The van der Waals surface area contributed by atoms with Gasteiger partial charge in [-0.25, -0.2) is 0 Å². The van der Waals surface area contributed by atoms with Gasteiger partial charge >= 0.3 is 0 Å². The predicted octanol–water partition coefficient (Wildman–Crippen LogP) is 2.04. The van der Waals surface area contributed by atoms with Crippen molar-refractivity contribution in [2.75, 3.05) is 13.1 Å². The molecule has 0 fully saturated rings. The number of allylic oxidation sites excluding steroid dienone is 4. The summed E-state index contributed by atoms with van der Waals surface area (Å²) in [7, 11) is 0. The van der Waals surface area contributed by atoms with Crippen LogP contribution in [0.2, 0.25) is 0 Å². The second-order valence-electron chi connectivity index (χ2n) is 3.13. The SMILES string of the molecule is S=C(N1C=CC=CC1)N1C=CC=CC1. The molecule has 0 N–H and O–H groups in total. The van der Waals surface area contributed by atoms with E-state index in [2.05, 4.69) is 22.0 Å². The standard InChI is InChI=1S/C11H12N2S/c14-11(12-7-3-1-4-8-12)13-9-5-2-6-10-13/h1-7,9H,8,10H2. The number of thiocarbonyl (C=S) groups is 1. The lowest BCUT2D eigenvalue weighted by Gasteiger charge is -2.29. The second-order valence-corrected chi connectivity index (χ2v) is 3.49. The van der Waals surface area contributed by atoms with Crippen LogP contribution in [0.5, 0.6) is 0 Å². The van der Waals surface area contributed by atoms with Gasteiger partial charge in [-0.1, -0.05) is 24.3 Å². The zero-order chi connectivity index (χ0) is 9.80. The average molecular weight is 204 g/mol. The zero-order valence-electron chi connectivity index (χ0n) is 7.84. The Bertz CT molecular complexity index is 307. The summed E-state index contributed by atoms with van der Waals surface area (Å²) in [4.78, 5) is 4.11. The number of hydrogen-bond donors (Lipinski definition) is 0. The molecule has 0 saturated carbocycles. The fraction of sp³-hybridized carbons (Fsp3) is 0.182. The van der Waals surface area contributed by atoms with Crippen molar-refractivity contribution >= 4 is 17.3 Å². The molecule has 2 rings (SSSR count). The summed E-state index contributed by atoms with van der Waals surface area (Å²) < 4.78 is 0. The lowest BCUT2D eigenvalue weighted by molar-refractivity contribution is 0.501. The molecular formula is C11H12N2S. The predicted molar refractivity (Wildman–Crippen MR) is 62.6 cm³/mol. The third-order valence-electron chi connectivity index (χ3n) is 2.12. The maximum Gasteiger partial charge on any atom is 0.180 e. The van der Waals surface area contributed by atoms with Gasteiger partial charge in [0, 0.05) is 25.5 Å². The van der Waals surface area contributed by atoms with Crippen molar-refractivity contribution in [2.45, 2.75) is 0 Å². The molecular weight excluding hydrogens is 192 g/mol. The fourth-order valence-electron chi connectivity index (χ4n) is 1.38. The van der Waals surface area contributed by atoms with Crippen molar-refractivity contribution < 1.29 is 0 Å². The van der Waals surface area contributed by atoms with Gasteiger partial charge in [0.2, 0.25) is 0 Å². The van der Waals surface area contributed by atoms with Gasteiger partial charge < -0.3 is 9.80 Å². The Kier molecular flexibility index (Phi) is 2.79. The van der Waals surface area contributed by atoms with Crippen molar-refractivity contribution in [3.8, 4) is 0 Å². The summed E-state index contributed by atoms with van der Waals surface area (Å²) in [5, 5.41) is 0.853. The van der Waals surface area contributed by atoms with Crippen LogP contribution < -0.4 is 0 Å². The maximum atomic E-state index is 5.38. The first-order chi connectivity index (χ1) is 6.88. The van der Waals surface area contributed by atoms with E-state index in [1.807, 2.05) is 36.7 Å². The summed E-state index contributed by atoms with van der Waals surface area (Å²) >= 11 is 5.38. The molecule has 0 bridgehead atoms. The molecule has 0 aromatic rings. The highest BCUT2D eigenvalue weighted by molar-refractivity contribution is 7.80. The lowest BCUT2D eigenvalue weighted by Crippen LogP contribution is -2.38. The van der Waals surface area contributed by atoms with Gasteiger partial charge in [-0.3, -0.25) is 0 Å². The number of hydrogen-bond acceptors (Lipinski definition) is 1. The van der Waals surface area contributed by atoms with E-state index in [0.29, 0.717) is 0 Å². The Morgan fingerprint density at radius 3 is 1.71 bits per heavy atom. The van der Waals surface area contributed by atoms with E-state index >= 15 is 0 Å². The molecule has 0 aromatic carbocycles. The number of nitrogens with zero attached hydrogens (tertiary/aromatic N) is 2. The Morgan fingerprint density at radius 1 is 0.857 bits per heavy atom. The van der Waals surface area contributed by atoms with Crippen molar-refractivity contribution in [3.05, 3.63) is 48.9 Å². The first kappa shape index (κ1) is 9.21. The number of rotatable bonds is 0. The highest BCUT2D eigenvalue weighted by Gasteiger charge is 2.12. The summed E-state index contributed by atoms with van der Waals surface area (Å²) in [5.41, 5.74) is 0. The molecule has 0 radical (unpaired) electrons. The van der Waals surface area contributed by atoms with Crippen molar-refractivity contribution in [2.24, 2.45) is 0 Å². The smallest absolute Gasteiger partial charge is 0.180 e. The highest BCUT2D eigenvalue weighted by atomic mass is 32.1. The lowest BCUT2D eigenvalue weighted by atomic mass is 10.3. The Balaban J connectivity index is 2.01. The molecule has 14 heavy (non-hydrogen) atoms. The van der Waals surface area contributed by atoms with Gasteiger partial charge in [0.15, 0.2) is 5.11 Å². The van der Waals surface area contributed by atoms with Crippen LogP contribution in [-0.4, -0.2) is 28.0 Å². The molecule has 0 atom stereocenters. The van der Waals surface area contributed by atoms with Crippen molar-refractivity contribution in [3.63, 3.8) is 0 Å². The third kappa shape index (κ3) is 1.93. The van der Waals surface area contributed by atoms with Crippen molar-refractivity contribution in [1.82, 2.24) is 9.80 Å². The van der Waals surface area contributed by atoms with E-state index in [0.717, 1.165) is 18.2 Å². The minimum Gasteiger partial charge on any atom is -0.321 e.